The van der Waals surface area contributed by atoms with Crippen LogP contribution in [0.1, 0.15) is 11.1 Å². The highest BCUT2D eigenvalue weighted by molar-refractivity contribution is 7.97. The van der Waals surface area contributed by atoms with Crippen molar-refractivity contribution >= 4 is 29.4 Å². The third-order valence-corrected chi connectivity index (χ3v) is 4.65. The Morgan fingerprint density at radius 3 is 2.56 bits per heavy atom. The molecule has 4 nitrogen and oxygen atoms in total. The molecule has 27 heavy (non-hydrogen) atoms. The van der Waals surface area contributed by atoms with E-state index in [4.69, 9.17) is 0 Å². The van der Waals surface area contributed by atoms with Gasteiger partial charge in [-0.15, -0.1) is 0 Å². The second kappa shape index (κ2) is 8.68. The lowest BCUT2D eigenvalue weighted by molar-refractivity contribution is -0.111. The fourth-order valence-electron chi connectivity index (χ4n) is 2.74. The predicted molar refractivity (Wildman–Crippen MR) is 110 cm³/mol. The quantitative estimate of drug-likeness (QED) is 0.627. The van der Waals surface area contributed by atoms with Crippen molar-refractivity contribution in [3.05, 3.63) is 77.7 Å². The first-order chi connectivity index (χ1) is 13.1. The van der Waals surface area contributed by atoms with Crippen molar-refractivity contribution in [3.8, 4) is 11.3 Å². The van der Waals surface area contributed by atoms with Gasteiger partial charge in [0, 0.05) is 35.7 Å². The smallest absolute Gasteiger partial charge is 0.248 e. The van der Waals surface area contributed by atoms with Crippen LogP contribution in [0.25, 0.3) is 17.3 Å². The molecule has 0 saturated carbocycles. The Bertz CT molecular complexity index is 947. The van der Waals surface area contributed by atoms with Gasteiger partial charge in [0.05, 0.1) is 11.9 Å². The lowest BCUT2D eigenvalue weighted by Crippen LogP contribution is -2.07. The standard InChI is InChI=1S/C21H20FN3OS/c1-25-21(16-5-8-18(22)9-6-16)17(13-23-25)7-12-20(26)24-19-10-3-15(4-11-19)14-27-2/h3-13H,14H2,1-2H3,(H,24,26). The molecular weight excluding hydrogens is 361 g/mol. The van der Waals surface area contributed by atoms with Crippen LogP contribution in [0.15, 0.2) is 60.8 Å². The number of aromatic nitrogens is 2. The molecule has 138 valence electrons. The molecule has 3 rings (SSSR count). The molecule has 0 fully saturated rings. The summed E-state index contributed by atoms with van der Waals surface area (Å²) in [6.07, 6.45) is 6.92. The summed E-state index contributed by atoms with van der Waals surface area (Å²) < 4.78 is 14.9. The zero-order valence-electron chi connectivity index (χ0n) is 15.1. The van der Waals surface area contributed by atoms with E-state index >= 15 is 0 Å². The van der Waals surface area contributed by atoms with Crippen molar-refractivity contribution in [1.29, 1.82) is 0 Å². The normalized spacial score (nSPS) is 11.1. The molecule has 0 aliphatic rings. The first-order valence-corrected chi connectivity index (χ1v) is 9.81. The van der Waals surface area contributed by atoms with Crippen molar-refractivity contribution in [2.75, 3.05) is 11.6 Å². The number of carbonyl (C=O) groups excluding carboxylic acids is 1. The summed E-state index contributed by atoms with van der Waals surface area (Å²) >= 11 is 1.76. The zero-order valence-corrected chi connectivity index (χ0v) is 16.0. The summed E-state index contributed by atoms with van der Waals surface area (Å²) in [6.45, 7) is 0. The Balaban J connectivity index is 1.72. The highest BCUT2D eigenvalue weighted by Gasteiger charge is 2.09. The summed E-state index contributed by atoms with van der Waals surface area (Å²) in [6, 6.07) is 14.0. The zero-order chi connectivity index (χ0) is 19.2. The van der Waals surface area contributed by atoms with Crippen LogP contribution in [-0.2, 0) is 17.6 Å². The molecule has 1 aromatic heterocycles. The maximum Gasteiger partial charge on any atom is 0.248 e. The van der Waals surface area contributed by atoms with E-state index in [2.05, 4.69) is 16.7 Å². The van der Waals surface area contributed by atoms with Gasteiger partial charge in [-0.05, 0) is 54.3 Å². The van der Waals surface area contributed by atoms with Crippen molar-refractivity contribution in [1.82, 2.24) is 9.78 Å². The molecule has 1 amide bonds. The maximum atomic E-state index is 13.2. The van der Waals surface area contributed by atoms with Gasteiger partial charge < -0.3 is 5.32 Å². The SMILES string of the molecule is CSCc1ccc(NC(=O)C=Cc2cnn(C)c2-c2ccc(F)cc2)cc1. The molecule has 0 atom stereocenters. The Kier molecular flexibility index (Phi) is 6.08. The van der Waals surface area contributed by atoms with Crippen LogP contribution in [0.4, 0.5) is 10.1 Å². The summed E-state index contributed by atoms with van der Waals surface area (Å²) in [5.74, 6) is 0.434. The topological polar surface area (TPSA) is 46.9 Å². The minimum absolute atomic E-state index is 0.221. The van der Waals surface area contributed by atoms with Crippen molar-refractivity contribution in [3.63, 3.8) is 0 Å². The highest BCUT2D eigenvalue weighted by Crippen LogP contribution is 2.24. The van der Waals surface area contributed by atoms with Crippen molar-refractivity contribution in [2.45, 2.75) is 5.75 Å². The van der Waals surface area contributed by atoms with Gasteiger partial charge in [0.15, 0.2) is 0 Å². The fourth-order valence-corrected chi connectivity index (χ4v) is 3.26. The molecule has 1 heterocycles. The molecule has 0 aliphatic carbocycles. The Morgan fingerprint density at radius 1 is 1.19 bits per heavy atom. The number of halogens is 1. The van der Waals surface area contributed by atoms with Gasteiger partial charge in [-0.25, -0.2) is 4.39 Å². The van der Waals surface area contributed by atoms with Gasteiger partial charge in [-0.3, -0.25) is 9.48 Å². The second-order valence-electron chi connectivity index (χ2n) is 6.03. The predicted octanol–water partition coefficient (Wildman–Crippen LogP) is 4.74. The number of hydrogen-bond donors (Lipinski definition) is 1. The monoisotopic (exact) mass is 381 g/mol. The largest absolute Gasteiger partial charge is 0.323 e. The lowest BCUT2D eigenvalue weighted by atomic mass is 10.1. The lowest BCUT2D eigenvalue weighted by Gasteiger charge is -2.05. The summed E-state index contributed by atoms with van der Waals surface area (Å²) in [5, 5.41) is 7.09. The number of carbonyl (C=O) groups is 1. The summed E-state index contributed by atoms with van der Waals surface area (Å²) in [4.78, 5) is 12.2. The third kappa shape index (κ3) is 4.86. The van der Waals surface area contributed by atoms with Gasteiger partial charge in [0.25, 0.3) is 0 Å². The van der Waals surface area contributed by atoms with Crippen LogP contribution in [0.2, 0.25) is 0 Å². The Labute approximate surface area is 162 Å². The molecule has 0 bridgehead atoms. The van der Waals surface area contributed by atoms with Crippen LogP contribution in [0, 0.1) is 5.82 Å². The van der Waals surface area contributed by atoms with E-state index in [1.54, 1.807) is 40.8 Å². The number of anilines is 1. The van der Waals surface area contributed by atoms with Crippen LogP contribution in [0.5, 0.6) is 0 Å². The number of thioether (sulfide) groups is 1. The average molecular weight is 381 g/mol. The van der Waals surface area contributed by atoms with E-state index in [0.29, 0.717) is 0 Å². The third-order valence-electron chi connectivity index (χ3n) is 4.03. The van der Waals surface area contributed by atoms with Crippen molar-refractivity contribution in [2.24, 2.45) is 7.05 Å². The number of amides is 1. The van der Waals surface area contributed by atoms with E-state index in [9.17, 15) is 9.18 Å². The number of aryl methyl sites for hydroxylation is 1. The van der Waals surface area contributed by atoms with E-state index in [1.807, 2.05) is 31.3 Å². The van der Waals surface area contributed by atoms with Gasteiger partial charge in [0.2, 0.25) is 5.91 Å². The summed E-state index contributed by atoms with van der Waals surface area (Å²) in [7, 11) is 1.81. The van der Waals surface area contributed by atoms with E-state index < -0.39 is 0 Å². The van der Waals surface area contributed by atoms with E-state index in [0.717, 1.165) is 28.3 Å². The summed E-state index contributed by atoms with van der Waals surface area (Å²) in [5.41, 5.74) is 4.41. The van der Waals surface area contributed by atoms with Gasteiger partial charge >= 0.3 is 0 Å². The Morgan fingerprint density at radius 2 is 1.89 bits per heavy atom. The number of rotatable bonds is 6. The Hall–Kier alpha value is -2.86. The molecule has 0 aliphatic heterocycles. The molecule has 3 aromatic rings. The molecule has 1 N–H and O–H groups in total. The first kappa shape index (κ1) is 18.9. The first-order valence-electron chi connectivity index (χ1n) is 8.41. The second-order valence-corrected chi connectivity index (χ2v) is 6.90. The number of benzene rings is 2. The van der Waals surface area contributed by atoms with Crippen LogP contribution in [-0.4, -0.2) is 21.9 Å². The van der Waals surface area contributed by atoms with Crippen LogP contribution in [0.3, 0.4) is 0 Å². The fraction of sp³-hybridized carbons (Fsp3) is 0.143. The molecule has 6 heteroatoms. The molecule has 0 spiro atoms. The molecule has 2 aromatic carbocycles. The number of nitrogens with zero attached hydrogens (tertiary/aromatic N) is 2. The van der Waals surface area contributed by atoms with E-state index in [1.165, 1.54) is 23.8 Å². The van der Waals surface area contributed by atoms with Crippen molar-refractivity contribution < 1.29 is 9.18 Å². The minimum Gasteiger partial charge on any atom is -0.323 e. The maximum absolute atomic E-state index is 13.2. The van der Waals surface area contributed by atoms with Crippen LogP contribution < -0.4 is 5.32 Å². The number of hydrogen-bond acceptors (Lipinski definition) is 3. The van der Waals surface area contributed by atoms with Gasteiger partial charge in [-0.1, -0.05) is 12.1 Å². The molecule has 0 radical (unpaired) electrons. The highest BCUT2D eigenvalue weighted by atomic mass is 32.2. The number of nitrogens with one attached hydrogen (secondary N) is 1. The average Bonchev–Trinajstić information content (AvgIpc) is 3.03. The van der Waals surface area contributed by atoms with Gasteiger partial charge in [0.1, 0.15) is 5.82 Å². The molecule has 0 unspecified atom stereocenters. The van der Waals surface area contributed by atoms with Crippen LogP contribution >= 0.6 is 11.8 Å². The molecular formula is C21H20FN3OS. The minimum atomic E-state index is -0.291. The van der Waals surface area contributed by atoms with Gasteiger partial charge in [-0.2, -0.15) is 16.9 Å². The molecule has 0 saturated heterocycles. The van der Waals surface area contributed by atoms with E-state index in [-0.39, 0.29) is 11.7 Å².